The minimum atomic E-state index is -3.36. The van der Waals surface area contributed by atoms with Crippen molar-refractivity contribution >= 4 is 39.7 Å². The Morgan fingerprint density at radius 1 is 1.25 bits per heavy atom. The van der Waals surface area contributed by atoms with Gasteiger partial charge in [0.25, 0.3) is 0 Å². The van der Waals surface area contributed by atoms with Crippen molar-refractivity contribution in [2.75, 3.05) is 23.4 Å². The van der Waals surface area contributed by atoms with E-state index in [-0.39, 0.29) is 23.2 Å². The van der Waals surface area contributed by atoms with E-state index in [1.54, 1.807) is 41.4 Å². The summed E-state index contributed by atoms with van der Waals surface area (Å²) in [7, 11) is -3.36. The Bertz CT molecular complexity index is 884. The molecule has 1 aliphatic heterocycles. The van der Waals surface area contributed by atoms with Crippen LogP contribution in [0.4, 0.5) is 11.5 Å². The molecule has 1 amide bonds. The summed E-state index contributed by atoms with van der Waals surface area (Å²) in [5, 5.41) is 0. The Kier molecular flexibility index (Phi) is 5.15. The van der Waals surface area contributed by atoms with Crippen LogP contribution in [-0.4, -0.2) is 32.1 Å². The van der Waals surface area contributed by atoms with Gasteiger partial charge in [0, 0.05) is 36.5 Å². The molecule has 0 unspecified atom stereocenters. The molecule has 1 saturated heterocycles. The van der Waals surface area contributed by atoms with Crippen LogP contribution >= 0.6 is 12.4 Å². The van der Waals surface area contributed by atoms with Crippen LogP contribution in [0.15, 0.2) is 41.4 Å². The summed E-state index contributed by atoms with van der Waals surface area (Å²) in [6, 6.07) is 8.37. The fraction of sp³-hybridized carbons (Fsp3) is 0.250. The highest BCUT2D eigenvalue weighted by atomic mass is 35.5. The maximum Gasteiger partial charge on any atom is 0.228 e. The van der Waals surface area contributed by atoms with Crippen molar-refractivity contribution in [3.8, 4) is 11.1 Å². The van der Waals surface area contributed by atoms with Crippen molar-refractivity contribution in [1.82, 2.24) is 4.98 Å². The minimum absolute atomic E-state index is 0. The van der Waals surface area contributed by atoms with Crippen molar-refractivity contribution in [3.63, 3.8) is 0 Å². The number of pyridine rings is 1. The molecule has 0 saturated carbocycles. The molecule has 0 aliphatic carbocycles. The number of hydrogen-bond acceptors (Lipinski definition) is 5. The molecule has 6 nitrogen and oxygen atoms in total. The average Bonchev–Trinajstić information content (AvgIpc) is 2.92. The maximum absolute atomic E-state index is 11.9. The van der Waals surface area contributed by atoms with Gasteiger partial charge in [0.2, 0.25) is 5.91 Å². The molecule has 2 aromatic rings. The highest BCUT2D eigenvalue weighted by Crippen LogP contribution is 2.32. The van der Waals surface area contributed by atoms with E-state index in [2.05, 4.69) is 4.98 Å². The first-order valence-electron chi connectivity index (χ1n) is 7.23. The lowest BCUT2D eigenvalue weighted by Gasteiger charge is -2.17. The van der Waals surface area contributed by atoms with Gasteiger partial charge in [-0.15, -0.1) is 12.4 Å². The molecule has 2 N–H and O–H groups in total. The second kappa shape index (κ2) is 6.78. The van der Waals surface area contributed by atoms with Gasteiger partial charge in [-0.1, -0.05) is 18.2 Å². The van der Waals surface area contributed by atoms with Crippen LogP contribution in [0.3, 0.4) is 0 Å². The summed E-state index contributed by atoms with van der Waals surface area (Å²) in [6.45, 7) is 0.606. The number of nitrogens with zero attached hydrogens (tertiary/aromatic N) is 2. The van der Waals surface area contributed by atoms with E-state index in [0.717, 1.165) is 6.42 Å². The second-order valence-corrected chi connectivity index (χ2v) is 7.54. The lowest BCUT2D eigenvalue weighted by atomic mass is 10.1. The van der Waals surface area contributed by atoms with Gasteiger partial charge in [-0.2, -0.15) is 0 Å². The molecule has 1 aliphatic rings. The highest BCUT2D eigenvalue weighted by molar-refractivity contribution is 7.90. The van der Waals surface area contributed by atoms with Crippen molar-refractivity contribution in [2.45, 2.75) is 17.7 Å². The van der Waals surface area contributed by atoms with Gasteiger partial charge < -0.3 is 5.73 Å². The molecule has 2 heterocycles. The van der Waals surface area contributed by atoms with Crippen molar-refractivity contribution < 1.29 is 13.2 Å². The minimum Gasteiger partial charge on any atom is -0.396 e. The van der Waals surface area contributed by atoms with Gasteiger partial charge >= 0.3 is 0 Å². The Morgan fingerprint density at radius 2 is 1.96 bits per heavy atom. The van der Waals surface area contributed by atoms with E-state index >= 15 is 0 Å². The third-order valence-electron chi connectivity index (χ3n) is 3.82. The number of aromatic nitrogens is 1. The highest BCUT2D eigenvalue weighted by Gasteiger charge is 2.25. The number of sulfone groups is 1. The van der Waals surface area contributed by atoms with E-state index in [1.165, 1.54) is 6.26 Å². The molecule has 1 aromatic heterocycles. The molecule has 3 rings (SSSR count). The topological polar surface area (TPSA) is 93.4 Å². The lowest BCUT2D eigenvalue weighted by Crippen LogP contribution is -2.25. The molecule has 1 aromatic carbocycles. The van der Waals surface area contributed by atoms with Crippen LogP contribution in [0.1, 0.15) is 12.8 Å². The maximum atomic E-state index is 11.9. The summed E-state index contributed by atoms with van der Waals surface area (Å²) in [5.41, 5.74) is 7.58. The predicted molar refractivity (Wildman–Crippen MR) is 96.0 cm³/mol. The quantitative estimate of drug-likeness (QED) is 0.898. The van der Waals surface area contributed by atoms with Crippen LogP contribution in [0.2, 0.25) is 0 Å². The Balaban J connectivity index is 0.00000208. The molecule has 0 spiro atoms. The standard InChI is InChI=1S/C16H17N3O3S.ClH/c1-23(21,22)14-6-3-2-5-12(14)11-9-13(17)16(18-10-11)19-8-4-7-15(19)20;/h2-3,5-6,9-10H,4,7-8,17H2,1H3;1H. The van der Waals surface area contributed by atoms with Gasteiger partial charge in [0.15, 0.2) is 15.7 Å². The summed E-state index contributed by atoms with van der Waals surface area (Å²) in [5.74, 6) is 0.446. The normalized spacial score (nSPS) is 14.5. The third-order valence-corrected chi connectivity index (χ3v) is 4.98. The zero-order valence-corrected chi connectivity index (χ0v) is 14.7. The number of hydrogen-bond donors (Lipinski definition) is 1. The van der Waals surface area contributed by atoms with Gasteiger partial charge in [-0.25, -0.2) is 13.4 Å². The second-order valence-electron chi connectivity index (χ2n) is 5.55. The van der Waals surface area contributed by atoms with E-state index in [9.17, 15) is 13.2 Å². The van der Waals surface area contributed by atoms with Crippen molar-refractivity contribution in [1.29, 1.82) is 0 Å². The van der Waals surface area contributed by atoms with Crippen LogP contribution in [0.5, 0.6) is 0 Å². The van der Waals surface area contributed by atoms with Crippen molar-refractivity contribution in [3.05, 3.63) is 36.5 Å². The molecule has 0 radical (unpaired) electrons. The van der Waals surface area contributed by atoms with Crippen LogP contribution < -0.4 is 10.6 Å². The first-order chi connectivity index (χ1) is 10.9. The van der Waals surface area contributed by atoms with Gasteiger partial charge in [0.1, 0.15) is 0 Å². The Hall–Kier alpha value is -2.12. The summed E-state index contributed by atoms with van der Waals surface area (Å²) in [4.78, 5) is 17.9. The molecule has 24 heavy (non-hydrogen) atoms. The largest absolute Gasteiger partial charge is 0.396 e. The first kappa shape index (κ1) is 18.2. The SMILES string of the molecule is CS(=O)(=O)c1ccccc1-c1cnc(N2CCCC2=O)c(N)c1.Cl. The fourth-order valence-corrected chi connectivity index (χ4v) is 3.66. The third kappa shape index (κ3) is 3.37. The Morgan fingerprint density at radius 3 is 2.54 bits per heavy atom. The van der Waals surface area contributed by atoms with E-state index in [4.69, 9.17) is 5.73 Å². The molecule has 0 bridgehead atoms. The number of amides is 1. The number of halogens is 1. The van der Waals surface area contributed by atoms with Crippen LogP contribution in [0, 0.1) is 0 Å². The number of nitrogen functional groups attached to an aromatic ring is 1. The zero-order valence-electron chi connectivity index (χ0n) is 13.1. The number of nitrogens with two attached hydrogens (primary N) is 1. The van der Waals surface area contributed by atoms with E-state index in [1.807, 2.05) is 0 Å². The number of rotatable bonds is 3. The number of anilines is 2. The molecule has 8 heteroatoms. The summed E-state index contributed by atoms with van der Waals surface area (Å²) >= 11 is 0. The van der Waals surface area contributed by atoms with Crippen LogP contribution in [0.25, 0.3) is 11.1 Å². The number of benzene rings is 1. The number of carbonyl (C=O) groups is 1. The van der Waals surface area contributed by atoms with Gasteiger partial charge in [-0.05, 0) is 18.6 Å². The first-order valence-corrected chi connectivity index (χ1v) is 9.12. The predicted octanol–water partition coefficient (Wildman–Crippen LogP) is 2.28. The fourth-order valence-electron chi connectivity index (χ4n) is 2.75. The molecule has 1 fully saturated rings. The van der Waals surface area contributed by atoms with Crippen molar-refractivity contribution in [2.24, 2.45) is 0 Å². The average molecular weight is 368 g/mol. The molecular weight excluding hydrogens is 350 g/mol. The van der Waals surface area contributed by atoms with Gasteiger partial charge in [-0.3, -0.25) is 9.69 Å². The molecule has 0 atom stereocenters. The summed E-state index contributed by atoms with van der Waals surface area (Å²) < 4.78 is 23.9. The van der Waals surface area contributed by atoms with E-state index < -0.39 is 9.84 Å². The summed E-state index contributed by atoms with van der Waals surface area (Å²) in [6.07, 6.45) is 4.01. The van der Waals surface area contributed by atoms with E-state index in [0.29, 0.717) is 35.6 Å². The Labute approximate surface area is 147 Å². The smallest absolute Gasteiger partial charge is 0.228 e. The zero-order chi connectivity index (χ0) is 16.6. The van der Waals surface area contributed by atoms with Gasteiger partial charge in [0.05, 0.1) is 10.6 Å². The lowest BCUT2D eigenvalue weighted by molar-refractivity contribution is -0.117. The number of carbonyl (C=O) groups excluding carboxylic acids is 1. The van der Waals surface area contributed by atoms with Crippen LogP contribution in [-0.2, 0) is 14.6 Å². The molecular formula is C16H18ClN3O3S. The molecule has 128 valence electrons. The monoisotopic (exact) mass is 367 g/mol.